The number of sulfone groups is 1. The fraction of sp³-hybridized carbons (Fsp3) is 0.435. The molecule has 1 unspecified atom stereocenters. The largest absolute Gasteiger partial charge is 0.378 e. The van der Waals surface area contributed by atoms with Crippen molar-refractivity contribution in [2.45, 2.75) is 26.3 Å². The van der Waals surface area contributed by atoms with Crippen molar-refractivity contribution in [3.63, 3.8) is 0 Å². The molecule has 0 saturated carbocycles. The predicted octanol–water partition coefficient (Wildman–Crippen LogP) is 2.55. The number of hydrogen-bond donors (Lipinski definition) is 0. The van der Waals surface area contributed by atoms with E-state index in [2.05, 4.69) is 0 Å². The summed E-state index contributed by atoms with van der Waals surface area (Å²) in [6, 6.07) is 9.74. The molecule has 168 valence electrons. The molecular formula is C23H26N4O4S. The second-order valence-electron chi connectivity index (χ2n) is 8.58. The SMILES string of the molecule is Cc1ccc(-c2cc3c(nc(C)n3C3CCS(=O)(=O)C3)c(C(=O)N3CCOCC3)n2)cc1. The van der Waals surface area contributed by atoms with Crippen molar-refractivity contribution in [3.8, 4) is 11.3 Å². The molecular weight excluding hydrogens is 428 g/mol. The normalized spacial score (nSPS) is 20.7. The average Bonchev–Trinajstić information content (AvgIpc) is 3.31. The van der Waals surface area contributed by atoms with Gasteiger partial charge >= 0.3 is 0 Å². The number of rotatable bonds is 3. The fourth-order valence-corrected chi connectivity index (χ4v) is 6.29. The van der Waals surface area contributed by atoms with Gasteiger partial charge in [-0.05, 0) is 26.3 Å². The molecule has 0 aliphatic carbocycles. The highest BCUT2D eigenvalue weighted by Crippen LogP contribution is 2.33. The van der Waals surface area contributed by atoms with Gasteiger partial charge in [0.15, 0.2) is 15.5 Å². The molecule has 2 saturated heterocycles. The van der Waals surface area contributed by atoms with Gasteiger partial charge in [-0.25, -0.2) is 18.4 Å². The van der Waals surface area contributed by atoms with Crippen LogP contribution in [0.3, 0.4) is 0 Å². The van der Waals surface area contributed by atoms with Crippen molar-refractivity contribution >= 4 is 26.8 Å². The summed E-state index contributed by atoms with van der Waals surface area (Å²) < 4.78 is 31.7. The number of morpholine rings is 1. The predicted molar refractivity (Wildman–Crippen MR) is 121 cm³/mol. The third kappa shape index (κ3) is 3.80. The van der Waals surface area contributed by atoms with E-state index >= 15 is 0 Å². The molecule has 32 heavy (non-hydrogen) atoms. The lowest BCUT2D eigenvalue weighted by atomic mass is 10.1. The standard InChI is InChI=1S/C23H26N4O4S/c1-15-3-5-17(6-4-15)19-13-20-21(22(25-19)23(28)26-8-10-31-11-9-26)24-16(2)27(20)18-7-12-32(29,30)14-18/h3-6,13,18H,7-12,14H2,1-2H3. The molecule has 0 bridgehead atoms. The number of imidazole rings is 1. The second kappa shape index (κ2) is 7.97. The van der Waals surface area contributed by atoms with Crippen molar-refractivity contribution in [2.24, 2.45) is 0 Å². The van der Waals surface area contributed by atoms with Crippen LogP contribution in [-0.4, -0.2) is 71.6 Å². The Morgan fingerprint density at radius 1 is 1.09 bits per heavy atom. The zero-order valence-corrected chi connectivity index (χ0v) is 19.1. The number of hydrogen-bond acceptors (Lipinski definition) is 6. The Hall–Kier alpha value is -2.78. The third-order valence-corrected chi connectivity index (χ3v) is 8.03. The van der Waals surface area contributed by atoms with Gasteiger partial charge in [0.2, 0.25) is 0 Å². The zero-order valence-electron chi connectivity index (χ0n) is 18.2. The van der Waals surface area contributed by atoms with Gasteiger partial charge in [-0.3, -0.25) is 4.79 Å². The Balaban J connectivity index is 1.70. The second-order valence-corrected chi connectivity index (χ2v) is 10.8. The zero-order chi connectivity index (χ0) is 22.5. The molecule has 0 spiro atoms. The van der Waals surface area contributed by atoms with Crippen molar-refractivity contribution in [3.05, 3.63) is 47.4 Å². The van der Waals surface area contributed by atoms with Crippen LogP contribution in [-0.2, 0) is 14.6 Å². The Morgan fingerprint density at radius 2 is 1.81 bits per heavy atom. The summed E-state index contributed by atoms with van der Waals surface area (Å²) in [5, 5.41) is 0. The van der Waals surface area contributed by atoms with Crippen molar-refractivity contribution in [2.75, 3.05) is 37.8 Å². The van der Waals surface area contributed by atoms with E-state index < -0.39 is 9.84 Å². The van der Waals surface area contributed by atoms with E-state index in [9.17, 15) is 13.2 Å². The van der Waals surface area contributed by atoms with Gasteiger partial charge in [0, 0.05) is 18.7 Å². The molecule has 2 fully saturated rings. The number of ether oxygens (including phenoxy) is 1. The van der Waals surface area contributed by atoms with Crippen LogP contribution < -0.4 is 0 Å². The van der Waals surface area contributed by atoms with Gasteiger partial charge in [0.05, 0.1) is 42.0 Å². The Labute approximate surface area is 187 Å². The van der Waals surface area contributed by atoms with E-state index in [1.807, 2.05) is 48.7 Å². The van der Waals surface area contributed by atoms with E-state index in [1.54, 1.807) is 4.90 Å². The summed E-state index contributed by atoms with van der Waals surface area (Å²) >= 11 is 0. The average molecular weight is 455 g/mol. The first-order valence-corrected chi connectivity index (χ1v) is 12.7. The number of carbonyl (C=O) groups excluding carboxylic acids is 1. The number of nitrogens with zero attached hydrogens (tertiary/aromatic N) is 4. The molecule has 2 aliphatic rings. The van der Waals surface area contributed by atoms with Crippen LogP contribution in [0.2, 0.25) is 0 Å². The van der Waals surface area contributed by atoms with E-state index in [0.717, 1.165) is 16.6 Å². The van der Waals surface area contributed by atoms with Gasteiger partial charge in [-0.2, -0.15) is 0 Å². The minimum atomic E-state index is -3.07. The van der Waals surface area contributed by atoms with E-state index in [1.165, 1.54) is 0 Å². The molecule has 0 radical (unpaired) electrons. The van der Waals surface area contributed by atoms with Crippen molar-refractivity contribution in [1.29, 1.82) is 0 Å². The van der Waals surface area contributed by atoms with Gasteiger partial charge < -0.3 is 14.2 Å². The summed E-state index contributed by atoms with van der Waals surface area (Å²) in [5.41, 5.74) is 4.30. The third-order valence-electron chi connectivity index (χ3n) is 6.28. The first-order chi connectivity index (χ1) is 15.3. The van der Waals surface area contributed by atoms with E-state index in [0.29, 0.717) is 55.5 Å². The fourth-order valence-electron chi connectivity index (χ4n) is 4.59. The van der Waals surface area contributed by atoms with Crippen LogP contribution >= 0.6 is 0 Å². The maximum absolute atomic E-state index is 13.5. The number of carbonyl (C=O) groups is 1. The van der Waals surface area contributed by atoms with Crippen LogP contribution in [0.25, 0.3) is 22.3 Å². The van der Waals surface area contributed by atoms with E-state index in [4.69, 9.17) is 14.7 Å². The highest BCUT2D eigenvalue weighted by Gasteiger charge is 2.33. The first kappa shape index (κ1) is 21.1. The van der Waals surface area contributed by atoms with Gasteiger partial charge in [-0.1, -0.05) is 29.8 Å². The first-order valence-electron chi connectivity index (χ1n) is 10.9. The molecule has 9 heteroatoms. The number of aromatic nitrogens is 3. The van der Waals surface area contributed by atoms with Crippen LogP contribution in [0.4, 0.5) is 0 Å². The van der Waals surface area contributed by atoms with Crippen LogP contribution in [0.1, 0.15) is 34.3 Å². The summed E-state index contributed by atoms with van der Waals surface area (Å²) in [6.07, 6.45) is 0.545. The topological polar surface area (TPSA) is 94.4 Å². The molecule has 1 aromatic carbocycles. The molecule has 3 aromatic rings. The lowest BCUT2D eigenvalue weighted by Crippen LogP contribution is -2.41. The Morgan fingerprint density at radius 3 is 2.47 bits per heavy atom. The molecule has 1 amide bonds. The number of pyridine rings is 1. The van der Waals surface area contributed by atoms with Crippen LogP contribution in [0.15, 0.2) is 30.3 Å². The van der Waals surface area contributed by atoms with Crippen LogP contribution in [0.5, 0.6) is 0 Å². The Bertz CT molecular complexity index is 1290. The summed E-state index contributed by atoms with van der Waals surface area (Å²) in [7, 11) is -3.07. The molecule has 8 nitrogen and oxygen atoms in total. The van der Waals surface area contributed by atoms with E-state index in [-0.39, 0.29) is 23.5 Å². The molecule has 4 heterocycles. The molecule has 2 aliphatic heterocycles. The highest BCUT2D eigenvalue weighted by atomic mass is 32.2. The van der Waals surface area contributed by atoms with Crippen molar-refractivity contribution in [1.82, 2.24) is 19.4 Å². The number of benzene rings is 1. The van der Waals surface area contributed by atoms with Gasteiger partial charge in [0.1, 0.15) is 11.3 Å². The Kier molecular flexibility index (Phi) is 5.25. The summed E-state index contributed by atoms with van der Waals surface area (Å²) in [4.78, 5) is 24.7. The lowest BCUT2D eigenvalue weighted by Gasteiger charge is -2.26. The molecule has 2 aromatic heterocycles. The monoisotopic (exact) mass is 454 g/mol. The van der Waals surface area contributed by atoms with Crippen LogP contribution in [0, 0.1) is 13.8 Å². The van der Waals surface area contributed by atoms with Gasteiger partial charge in [-0.15, -0.1) is 0 Å². The summed E-state index contributed by atoms with van der Waals surface area (Å²) in [6.45, 7) is 5.90. The number of aryl methyl sites for hydroxylation is 2. The maximum atomic E-state index is 13.5. The van der Waals surface area contributed by atoms with Crippen molar-refractivity contribution < 1.29 is 17.9 Å². The quantitative estimate of drug-likeness (QED) is 0.604. The smallest absolute Gasteiger partial charge is 0.274 e. The number of amides is 1. The minimum Gasteiger partial charge on any atom is -0.378 e. The molecule has 0 N–H and O–H groups in total. The molecule has 1 atom stereocenters. The summed E-state index contributed by atoms with van der Waals surface area (Å²) in [5.74, 6) is 0.789. The minimum absolute atomic E-state index is 0.0915. The lowest BCUT2D eigenvalue weighted by molar-refractivity contribution is 0.0300. The number of fused-ring (bicyclic) bond motifs is 1. The highest BCUT2D eigenvalue weighted by molar-refractivity contribution is 7.91. The molecule has 5 rings (SSSR count). The van der Waals surface area contributed by atoms with Gasteiger partial charge in [0.25, 0.3) is 5.91 Å². The maximum Gasteiger partial charge on any atom is 0.274 e.